The van der Waals surface area contributed by atoms with Crippen LogP contribution in [0.2, 0.25) is 0 Å². The molecular weight excluding hydrogens is 128 g/mol. The normalized spacial score (nSPS) is 17.2. The Balaban J connectivity index is 3.38. The van der Waals surface area contributed by atoms with E-state index in [-0.39, 0.29) is 6.10 Å². The van der Waals surface area contributed by atoms with Crippen LogP contribution < -0.4 is 0 Å². The maximum absolute atomic E-state index is 9.81. The lowest BCUT2D eigenvalue weighted by Gasteiger charge is -1.99. The molecule has 3 nitrogen and oxygen atoms in total. The fourth-order valence-electron chi connectivity index (χ4n) is 0.169. The van der Waals surface area contributed by atoms with Crippen LogP contribution in [0.4, 0.5) is 0 Å². The average Bonchev–Trinajstić information content (AvgIpc) is 1.65. The Kier molecular flexibility index (Phi) is 3.68. The topological polar surface area (TPSA) is 46.5 Å². The van der Waals surface area contributed by atoms with E-state index in [4.69, 9.17) is 4.55 Å². The van der Waals surface area contributed by atoms with Crippen LogP contribution in [0.25, 0.3) is 0 Å². The summed E-state index contributed by atoms with van der Waals surface area (Å²) in [6.07, 6.45) is 1.08. The van der Waals surface area contributed by atoms with Gasteiger partial charge in [0.05, 0.1) is 6.10 Å². The van der Waals surface area contributed by atoms with E-state index in [0.717, 1.165) is 0 Å². The molecule has 0 saturated heterocycles. The molecule has 1 N–H and O–H groups in total. The second-order valence-corrected chi connectivity index (χ2v) is 1.88. The molecule has 0 heterocycles. The first-order chi connectivity index (χ1) is 3.66. The highest BCUT2D eigenvalue weighted by atomic mass is 32.2. The highest BCUT2D eigenvalue weighted by molar-refractivity contribution is 7.74. The highest BCUT2D eigenvalue weighted by Gasteiger charge is 1.97. The van der Waals surface area contributed by atoms with E-state index in [1.807, 2.05) is 0 Å². The van der Waals surface area contributed by atoms with Crippen molar-refractivity contribution >= 4 is 11.4 Å². The molecule has 0 aromatic heterocycles. The Morgan fingerprint density at radius 1 is 2.00 bits per heavy atom. The first-order valence-corrected chi connectivity index (χ1v) is 3.10. The molecule has 0 fully saturated rings. The lowest BCUT2D eigenvalue weighted by Crippen LogP contribution is -2.05. The molecule has 0 aromatic rings. The first kappa shape index (κ1) is 7.81. The minimum Gasteiger partial charge on any atom is -0.284 e. The van der Waals surface area contributed by atoms with E-state index in [1.54, 1.807) is 6.92 Å². The van der Waals surface area contributed by atoms with Crippen molar-refractivity contribution in [3.8, 4) is 0 Å². The predicted octanol–water partition coefficient (Wildman–Crippen LogP) is 0.714. The molecule has 0 saturated carbocycles. The summed E-state index contributed by atoms with van der Waals surface area (Å²) < 4.78 is 22.2. The molecule has 0 radical (unpaired) electrons. The van der Waals surface area contributed by atoms with Crippen LogP contribution in [0.15, 0.2) is 12.7 Å². The first-order valence-electron chi connectivity index (χ1n) is 2.07. The molecule has 0 bridgehead atoms. The Morgan fingerprint density at radius 2 is 2.50 bits per heavy atom. The van der Waals surface area contributed by atoms with Gasteiger partial charge in [-0.05, 0) is 6.92 Å². The fourth-order valence-corrected chi connectivity index (χ4v) is 0.507. The van der Waals surface area contributed by atoms with Crippen LogP contribution in [-0.2, 0) is 15.5 Å². The summed E-state index contributed by atoms with van der Waals surface area (Å²) in [7, 11) is 0. The van der Waals surface area contributed by atoms with Gasteiger partial charge < -0.3 is 0 Å². The van der Waals surface area contributed by atoms with Gasteiger partial charge in [0.15, 0.2) is 0 Å². The van der Waals surface area contributed by atoms with Crippen molar-refractivity contribution in [3.05, 3.63) is 12.7 Å². The third kappa shape index (κ3) is 3.98. The standard InChI is InChI=1S/C4H8O3S/c1-3-4(2)7-8(5)6/h3-4H,1H2,2H3,(H,5,6). The van der Waals surface area contributed by atoms with Crippen LogP contribution in [-0.4, -0.2) is 14.9 Å². The molecule has 48 valence electrons. The summed E-state index contributed by atoms with van der Waals surface area (Å²) in [5, 5.41) is 0. The van der Waals surface area contributed by atoms with Crippen LogP contribution in [0.1, 0.15) is 6.92 Å². The highest BCUT2D eigenvalue weighted by Crippen LogP contribution is 1.91. The fraction of sp³-hybridized carbons (Fsp3) is 0.500. The summed E-state index contributed by atoms with van der Waals surface area (Å²) in [5.41, 5.74) is 0. The van der Waals surface area contributed by atoms with Crippen LogP contribution in [0.5, 0.6) is 0 Å². The van der Waals surface area contributed by atoms with Gasteiger partial charge in [-0.3, -0.25) is 8.74 Å². The molecule has 0 rings (SSSR count). The molecule has 4 heteroatoms. The van der Waals surface area contributed by atoms with Crippen molar-refractivity contribution < 1.29 is 12.9 Å². The average molecular weight is 136 g/mol. The van der Waals surface area contributed by atoms with E-state index in [2.05, 4.69) is 10.8 Å². The number of hydrogen-bond donors (Lipinski definition) is 1. The molecule has 0 aliphatic heterocycles. The van der Waals surface area contributed by atoms with Crippen LogP contribution in [0.3, 0.4) is 0 Å². The second-order valence-electron chi connectivity index (χ2n) is 1.25. The van der Waals surface area contributed by atoms with Gasteiger partial charge in [0.1, 0.15) is 0 Å². The number of rotatable bonds is 3. The van der Waals surface area contributed by atoms with Crippen molar-refractivity contribution in [1.29, 1.82) is 0 Å². The Bertz CT molecular complexity index is 101. The summed E-state index contributed by atoms with van der Waals surface area (Å²) in [6, 6.07) is 0. The van der Waals surface area contributed by atoms with Crippen molar-refractivity contribution in [2.24, 2.45) is 0 Å². The molecular formula is C4H8O3S. The van der Waals surface area contributed by atoms with Gasteiger partial charge in [-0.1, -0.05) is 6.08 Å². The van der Waals surface area contributed by atoms with Gasteiger partial charge in [0.2, 0.25) is 0 Å². The minimum absolute atomic E-state index is 0.360. The minimum atomic E-state index is -2.17. The predicted molar refractivity (Wildman–Crippen MR) is 31.5 cm³/mol. The largest absolute Gasteiger partial charge is 0.302 e. The Labute approximate surface area is 50.8 Å². The summed E-state index contributed by atoms with van der Waals surface area (Å²) in [4.78, 5) is 0. The van der Waals surface area contributed by atoms with E-state index in [9.17, 15) is 4.21 Å². The van der Waals surface area contributed by atoms with Gasteiger partial charge in [0, 0.05) is 0 Å². The van der Waals surface area contributed by atoms with E-state index >= 15 is 0 Å². The zero-order valence-electron chi connectivity index (χ0n) is 4.53. The summed E-state index contributed by atoms with van der Waals surface area (Å²) >= 11 is -2.17. The maximum atomic E-state index is 9.81. The third-order valence-corrected chi connectivity index (χ3v) is 1.03. The summed E-state index contributed by atoms with van der Waals surface area (Å²) in [6.45, 7) is 4.97. The molecule has 0 aliphatic carbocycles. The van der Waals surface area contributed by atoms with Crippen LogP contribution in [0, 0.1) is 0 Å². The molecule has 0 amide bonds. The number of hydrogen-bond acceptors (Lipinski definition) is 2. The van der Waals surface area contributed by atoms with Crippen LogP contribution >= 0.6 is 0 Å². The smallest absolute Gasteiger partial charge is 0.284 e. The lowest BCUT2D eigenvalue weighted by atomic mass is 10.4. The second kappa shape index (κ2) is 3.77. The van der Waals surface area contributed by atoms with Crippen molar-refractivity contribution in [2.45, 2.75) is 13.0 Å². The molecule has 2 atom stereocenters. The SMILES string of the molecule is C=CC(C)OS(=O)O. The zero-order valence-corrected chi connectivity index (χ0v) is 5.35. The van der Waals surface area contributed by atoms with Crippen molar-refractivity contribution in [2.75, 3.05) is 0 Å². The monoisotopic (exact) mass is 136 g/mol. The molecule has 0 aliphatic rings. The zero-order chi connectivity index (χ0) is 6.57. The van der Waals surface area contributed by atoms with Gasteiger partial charge >= 0.3 is 11.4 Å². The van der Waals surface area contributed by atoms with Gasteiger partial charge in [-0.15, -0.1) is 6.58 Å². The molecule has 0 aromatic carbocycles. The molecule has 0 spiro atoms. The summed E-state index contributed by atoms with van der Waals surface area (Å²) in [5.74, 6) is 0. The molecule has 2 unspecified atom stereocenters. The van der Waals surface area contributed by atoms with Gasteiger partial charge in [-0.25, -0.2) is 0 Å². The Morgan fingerprint density at radius 3 is 2.62 bits per heavy atom. The van der Waals surface area contributed by atoms with E-state index < -0.39 is 11.4 Å². The quantitative estimate of drug-likeness (QED) is 0.459. The van der Waals surface area contributed by atoms with Crippen molar-refractivity contribution in [3.63, 3.8) is 0 Å². The lowest BCUT2D eigenvalue weighted by molar-refractivity contribution is 0.266. The van der Waals surface area contributed by atoms with Crippen molar-refractivity contribution in [1.82, 2.24) is 0 Å². The third-order valence-electron chi connectivity index (χ3n) is 0.566. The maximum Gasteiger partial charge on any atom is 0.302 e. The molecule has 8 heavy (non-hydrogen) atoms. The van der Waals surface area contributed by atoms with E-state index in [1.165, 1.54) is 6.08 Å². The van der Waals surface area contributed by atoms with Gasteiger partial charge in [-0.2, -0.15) is 4.21 Å². The van der Waals surface area contributed by atoms with E-state index in [0.29, 0.717) is 0 Å². The Hall–Kier alpha value is -0.190. The van der Waals surface area contributed by atoms with Gasteiger partial charge in [0.25, 0.3) is 0 Å².